The molecule has 3 aromatic carbocycles. The van der Waals surface area contributed by atoms with Crippen molar-refractivity contribution in [2.75, 3.05) is 43.5 Å². The third-order valence-electron chi connectivity index (χ3n) is 6.47. The standard InChI is InChI=1S/C27H30ClN3O7S2/c1-19-6-9-21(10-7-19)40(35,36)31(20-8-12-25(37-2)23(28)16-20)18-27(32)29-24-17-22(11-13-26(24)38-3)39(33,34)30-14-4-5-15-30/h6-13,16-17H,4-5,14-15,18H2,1-3H3,(H,29,32). The lowest BCUT2D eigenvalue weighted by Gasteiger charge is -2.25. The molecule has 1 N–H and O–H groups in total. The summed E-state index contributed by atoms with van der Waals surface area (Å²) in [4.78, 5) is 13.3. The van der Waals surface area contributed by atoms with Crippen molar-refractivity contribution in [1.82, 2.24) is 4.31 Å². The number of aryl methyl sites for hydroxylation is 1. The van der Waals surface area contributed by atoms with Crippen LogP contribution in [0.15, 0.2) is 70.5 Å². The van der Waals surface area contributed by atoms with Gasteiger partial charge in [-0.05, 0) is 68.3 Å². The van der Waals surface area contributed by atoms with E-state index in [1.807, 2.05) is 6.92 Å². The van der Waals surface area contributed by atoms with Crippen LogP contribution in [-0.2, 0) is 24.8 Å². The highest BCUT2D eigenvalue weighted by molar-refractivity contribution is 7.92. The number of hydrogen-bond donors (Lipinski definition) is 1. The maximum absolute atomic E-state index is 13.7. The van der Waals surface area contributed by atoms with Crippen LogP contribution in [0.1, 0.15) is 18.4 Å². The normalized spacial score (nSPS) is 14.1. The van der Waals surface area contributed by atoms with Crippen molar-refractivity contribution in [1.29, 1.82) is 0 Å². The second-order valence-electron chi connectivity index (χ2n) is 9.17. The van der Waals surface area contributed by atoms with Gasteiger partial charge in [0, 0.05) is 13.1 Å². The van der Waals surface area contributed by atoms with Gasteiger partial charge in [0.25, 0.3) is 10.0 Å². The van der Waals surface area contributed by atoms with Crippen molar-refractivity contribution in [2.24, 2.45) is 0 Å². The zero-order chi connectivity index (χ0) is 29.1. The first-order valence-electron chi connectivity index (χ1n) is 12.4. The second-order valence-corrected chi connectivity index (χ2v) is 13.4. The lowest BCUT2D eigenvalue weighted by atomic mass is 10.2. The summed E-state index contributed by atoms with van der Waals surface area (Å²) in [5, 5.41) is 2.78. The van der Waals surface area contributed by atoms with E-state index in [1.54, 1.807) is 12.1 Å². The van der Waals surface area contributed by atoms with Crippen LogP contribution in [0, 0.1) is 6.92 Å². The molecular formula is C27H30ClN3O7S2. The number of nitrogens with zero attached hydrogens (tertiary/aromatic N) is 2. The molecule has 1 saturated heterocycles. The van der Waals surface area contributed by atoms with Crippen LogP contribution in [0.25, 0.3) is 0 Å². The summed E-state index contributed by atoms with van der Waals surface area (Å²) >= 11 is 6.29. The highest BCUT2D eigenvalue weighted by Gasteiger charge is 2.30. The minimum Gasteiger partial charge on any atom is -0.495 e. The van der Waals surface area contributed by atoms with Crippen LogP contribution < -0.4 is 19.1 Å². The van der Waals surface area contributed by atoms with Gasteiger partial charge < -0.3 is 14.8 Å². The van der Waals surface area contributed by atoms with E-state index < -0.39 is 32.5 Å². The molecule has 1 heterocycles. The van der Waals surface area contributed by atoms with E-state index in [-0.39, 0.29) is 31.9 Å². The van der Waals surface area contributed by atoms with Gasteiger partial charge in [0.1, 0.15) is 18.0 Å². The van der Waals surface area contributed by atoms with Gasteiger partial charge in [-0.2, -0.15) is 4.31 Å². The molecule has 4 rings (SSSR count). The zero-order valence-electron chi connectivity index (χ0n) is 22.3. The smallest absolute Gasteiger partial charge is 0.264 e. The average Bonchev–Trinajstić information content (AvgIpc) is 3.48. The molecule has 0 aliphatic carbocycles. The van der Waals surface area contributed by atoms with Gasteiger partial charge in [0.05, 0.1) is 40.4 Å². The molecule has 0 bridgehead atoms. The van der Waals surface area contributed by atoms with E-state index in [2.05, 4.69) is 5.32 Å². The van der Waals surface area contributed by atoms with Crippen molar-refractivity contribution in [3.63, 3.8) is 0 Å². The Bertz CT molecular complexity index is 1610. The number of halogens is 1. The highest BCUT2D eigenvalue weighted by atomic mass is 35.5. The quantitative estimate of drug-likeness (QED) is 0.365. The Hall–Kier alpha value is -3.32. The Morgan fingerprint density at radius 3 is 2.10 bits per heavy atom. The number of rotatable bonds is 10. The Labute approximate surface area is 239 Å². The molecule has 40 heavy (non-hydrogen) atoms. The van der Waals surface area contributed by atoms with E-state index >= 15 is 0 Å². The molecule has 0 radical (unpaired) electrons. The lowest BCUT2D eigenvalue weighted by Crippen LogP contribution is -2.38. The van der Waals surface area contributed by atoms with Gasteiger partial charge in [-0.25, -0.2) is 16.8 Å². The molecule has 1 aliphatic heterocycles. The molecule has 1 fully saturated rings. The van der Waals surface area contributed by atoms with Crippen LogP contribution in [0.2, 0.25) is 5.02 Å². The van der Waals surface area contributed by atoms with Crippen molar-refractivity contribution < 1.29 is 31.1 Å². The van der Waals surface area contributed by atoms with Crippen LogP contribution in [0.3, 0.4) is 0 Å². The summed E-state index contributed by atoms with van der Waals surface area (Å²) in [5.41, 5.74) is 1.10. The highest BCUT2D eigenvalue weighted by Crippen LogP contribution is 2.33. The fourth-order valence-electron chi connectivity index (χ4n) is 4.31. The summed E-state index contributed by atoms with van der Waals surface area (Å²) < 4.78 is 66.4. The summed E-state index contributed by atoms with van der Waals surface area (Å²) in [6, 6.07) is 14.8. The van der Waals surface area contributed by atoms with Gasteiger partial charge in [-0.15, -0.1) is 0 Å². The first-order valence-corrected chi connectivity index (χ1v) is 15.6. The zero-order valence-corrected chi connectivity index (χ0v) is 24.6. The van der Waals surface area contributed by atoms with E-state index in [0.717, 1.165) is 22.7 Å². The van der Waals surface area contributed by atoms with Crippen molar-refractivity contribution >= 4 is 48.9 Å². The van der Waals surface area contributed by atoms with Crippen molar-refractivity contribution in [2.45, 2.75) is 29.6 Å². The number of methoxy groups -OCH3 is 2. The molecule has 3 aromatic rings. The predicted octanol–water partition coefficient (Wildman–Crippen LogP) is 4.28. The molecule has 0 saturated carbocycles. The molecule has 0 spiro atoms. The number of amides is 1. The minimum atomic E-state index is -4.21. The van der Waals surface area contributed by atoms with Crippen LogP contribution in [0.4, 0.5) is 11.4 Å². The first-order chi connectivity index (χ1) is 19.0. The molecular weight excluding hydrogens is 578 g/mol. The van der Waals surface area contributed by atoms with E-state index in [4.69, 9.17) is 21.1 Å². The number of carbonyl (C=O) groups is 1. The Morgan fingerprint density at radius 2 is 1.50 bits per heavy atom. The lowest BCUT2D eigenvalue weighted by molar-refractivity contribution is -0.114. The monoisotopic (exact) mass is 607 g/mol. The molecule has 1 amide bonds. The summed E-state index contributed by atoms with van der Waals surface area (Å²) in [5.74, 6) is -0.172. The van der Waals surface area contributed by atoms with Gasteiger partial charge >= 0.3 is 0 Å². The molecule has 1 aliphatic rings. The van der Waals surface area contributed by atoms with Gasteiger partial charge in [0.2, 0.25) is 15.9 Å². The summed E-state index contributed by atoms with van der Waals surface area (Å²) in [7, 11) is -5.17. The number of sulfonamides is 2. The number of anilines is 2. The third kappa shape index (κ3) is 6.20. The minimum absolute atomic E-state index is 0.00318. The van der Waals surface area contributed by atoms with Crippen LogP contribution in [-0.4, -0.2) is 60.9 Å². The Balaban J connectivity index is 1.68. The van der Waals surface area contributed by atoms with Crippen LogP contribution in [0.5, 0.6) is 11.5 Å². The van der Waals surface area contributed by atoms with Crippen molar-refractivity contribution in [3.8, 4) is 11.5 Å². The fourth-order valence-corrected chi connectivity index (χ4v) is 7.51. The fraction of sp³-hybridized carbons (Fsp3) is 0.296. The van der Waals surface area contributed by atoms with Crippen molar-refractivity contribution in [3.05, 3.63) is 71.2 Å². The average molecular weight is 608 g/mol. The van der Waals surface area contributed by atoms with Gasteiger partial charge in [-0.3, -0.25) is 9.10 Å². The Morgan fingerprint density at radius 1 is 0.900 bits per heavy atom. The van der Waals surface area contributed by atoms with Gasteiger partial charge in [0.15, 0.2) is 0 Å². The molecule has 13 heteroatoms. The second kappa shape index (κ2) is 12.0. The molecule has 0 atom stereocenters. The van der Waals surface area contributed by atoms with Gasteiger partial charge in [-0.1, -0.05) is 29.3 Å². The van der Waals surface area contributed by atoms with E-state index in [9.17, 15) is 21.6 Å². The Kier molecular flexibility index (Phi) is 8.93. The number of ether oxygens (including phenoxy) is 2. The summed E-state index contributed by atoms with van der Waals surface area (Å²) in [6.07, 6.45) is 1.55. The maximum atomic E-state index is 13.7. The number of benzene rings is 3. The molecule has 214 valence electrons. The topological polar surface area (TPSA) is 122 Å². The SMILES string of the molecule is COc1ccc(N(CC(=O)Nc2cc(S(=O)(=O)N3CCCC3)ccc2OC)S(=O)(=O)c2ccc(C)cc2)cc1Cl. The maximum Gasteiger partial charge on any atom is 0.264 e. The number of carbonyl (C=O) groups excluding carboxylic acids is 1. The van der Waals surface area contributed by atoms with E-state index in [1.165, 1.54) is 67.1 Å². The van der Waals surface area contributed by atoms with Crippen LogP contribution >= 0.6 is 11.6 Å². The largest absolute Gasteiger partial charge is 0.495 e. The number of nitrogens with one attached hydrogen (secondary N) is 1. The molecule has 10 nitrogen and oxygen atoms in total. The predicted molar refractivity (Wildman–Crippen MR) is 153 cm³/mol. The number of hydrogen-bond acceptors (Lipinski definition) is 7. The summed E-state index contributed by atoms with van der Waals surface area (Å²) in [6.45, 7) is 2.04. The molecule has 0 unspecified atom stereocenters. The molecule has 0 aromatic heterocycles. The first kappa shape index (κ1) is 29.7. The third-order valence-corrected chi connectivity index (χ3v) is 10.4. The van der Waals surface area contributed by atoms with E-state index in [0.29, 0.717) is 18.8 Å².